The first-order valence-electron chi connectivity index (χ1n) is 5.45. The molecule has 0 saturated carbocycles. The highest BCUT2D eigenvalue weighted by atomic mass is 35.5. The molecule has 2 aromatic rings. The Hall–Kier alpha value is -1.75. The predicted octanol–water partition coefficient (Wildman–Crippen LogP) is 3.06. The van der Waals surface area contributed by atoms with Crippen LogP contribution in [0.15, 0.2) is 18.2 Å². The van der Waals surface area contributed by atoms with Crippen molar-refractivity contribution in [3.05, 3.63) is 23.2 Å². The number of hydrogen-bond acceptors (Lipinski definition) is 4. The second-order valence-corrected chi connectivity index (χ2v) is 5.38. The molecule has 0 aliphatic heterocycles. The van der Waals surface area contributed by atoms with Gasteiger partial charge in [-0.2, -0.15) is 4.68 Å². The zero-order valence-electron chi connectivity index (χ0n) is 10.4. The van der Waals surface area contributed by atoms with Crippen LogP contribution in [0.2, 0.25) is 5.02 Å². The average Bonchev–Trinajstić information content (AvgIpc) is 2.53. The Balaban J connectivity index is 2.51. The SMILES string of the molecule is CC(C)(C)OC(=O)n1nc(N)c2ccc(Cl)cc21. The van der Waals surface area contributed by atoms with Gasteiger partial charge in [-0.05, 0) is 39.0 Å². The van der Waals surface area contributed by atoms with Crippen LogP contribution in [0.1, 0.15) is 20.8 Å². The van der Waals surface area contributed by atoms with Gasteiger partial charge >= 0.3 is 6.09 Å². The number of nitrogen functional groups attached to an aromatic ring is 1. The molecule has 0 unspecified atom stereocenters. The molecule has 0 spiro atoms. The van der Waals surface area contributed by atoms with Crippen LogP contribution < -0.4 is 5.73 Å². The summed E-state index contributed by atoms with van der Waals surface area (Å²) >= 11 is 5.90. The van der Waals surface area contributed by atoms with E-state index in [2.05, 4.69) is 5.10 Å². The fourth-order valence-corrected chi connectivity index (χ4v) is 1.72. The smallest absolute Gasteiger partial charge is 0.435 e. The average molecular weight is 268 g/mol. The van der Waals surface area contributed by atoms with Crippen molar-refractivity contribution in [3.63, 3.8) is 0 Å². The van der Waals surface area contributed by atoms with Gasteiger partial charge in [0.15, 0.2) is 5.82 Å². The number of carbonyl (C=O) groups excluding carboxylic acids is 1. The van der Waals surface area contributed by atoms with Crippen LogP contribution in [0, 0.1) is 0 Å². The van der Waals surface area contributed by atoms with Crippen molar-refractivity contribution in [2.75, 3.05) is 5.73 Å². The summed E-state index contributed by atoms with van der Waals surface area (Å²) < 4.78 is 6.37. The van der Waals surface area contributed by atoms with E-state index in [1.165, 1.54) is 0 Å². The number of aromatic nitrogens is 2. The fraction of sp³-hybridized carbons (Fsp3) is 0.333. The summed E-state index contributed by atoms with van der Waals surface area (Å²) in [5.74, 6) is 0.271. The normalized spacial score (nSPS) is 11.8. The lowest BCUT2D eigenvalue weighted by Gasteiger charge is -2.19. The minimum Gasteiger partial charge on any atom is -0.442 e. The van der Waals surface area contributed by atoms with Crippen molar-refractivity contribution in [3.8, 4) is 0 Å². The molecular weight excluding hydrogens is 254 g/mol. The van der Waals surface area contributed by atoms with Crippen LogP contribution in [0.4, 0.5) is 10.6 Å². The molecule has 1 aromatic carbocycles. The van der Waals surface area contributed by atoms with Gasteiger partial charge in [0.2, 0.25) is 0 Å². The van der Waals surface area contributed by atoms with E-state index in [0.29, 0.717) is 15.9 Å². The topological polar surface area (TPSA) is 70.1 Å². The number of anilines is 1. The standard InChI is InChI=1S/C12H14ClN3O2/c1-12(2,3)18-11(17)16-9-6-7(13)4-5-8(9)10(14)15-16/h4-6H,1-3H3,(H2,14,15). The summed E-state index contributed by atoms with van der Waals surface area (Å²) in [5.41, 5.74) is 5.69. The van der Waals surface area contributed by atoms with Crippen LogP contribution in [0.25, 0.3) is 10.9 Å². The maximum Gasteiger partial charge on any atom is 0.435 e. The summed E-state index contributed by atoms with van der Waals surface area (Å²) in [5, 5.41) is 5.15. The van der Waals surface area contributed by atoms with E-state index in [9.17, 15) is 4.79 Å². The Morgan fingerprint density at radius 3 is 2.72 bits per heavy atom. The Morgan fingerprint density at radius 2 is 2.11 bits per heavy atom. The third-order valence-corrected chi connectivity index (χ3v) is 2.47. The second-order valence-electron chi connectivity index (χ2n) is 4.94. The first-order valence-corrected chi connectivity index (χ1v) is 5.83. The molecule has 96 valence electrons. The molecule has 2 N–H and O–H groups in total. The van der Waals surface area contributed by atoms with E-state index in [1.807, 2.05) is 0 Å². The summed E-state index contributed by atoms with van der Waals surface area (Å²) in [4.78, 5) is 12.0. The minimum atomic E-state index is -0.595. The molecule has 6 heteroatoms. The van der Waals surface area contributed by atoms with Gasteiger partial charge in [0, 0.05) is 10.4 Å². The third-order valence-electron chi connectivity index (χ3n) is 2.24. The van der Waals surface area contributed by atoms with Crippen LogP contribution in [-0.4, -0.2) is 21.5 Å². The van der Waals surface area contributed by atoms with E-state index in [4.69, 9.17) is 22.1 Å². The van der Waals surface area contributed by atoms with Crippen molar-refractivity contribution in [2.24, 2.45) is 0 Å². The van der Waals surface area contributed by atoms with E-state index in [0.717, 1.165) is 4.68 Å². The number of ether oxygens (including phenoxy) is 1. The zero-order valence-corrected chi connectivity index (χ0v) is 11.2. The molecule has 0 aliphatic carbocycles. The lowest BCUT2D eigenvalue weighted by Crippen LogP contribution is -2.27. The second kappa shape index (κ2) is 4.17. The van der Waals surface area contributed by atoms with Crippen LogP contribution >= 0.6 is 11.6 Å². The molecule has 5 nitrogen and oxygen atoms in total. The summed E-state index contributed by atoms with van der Waals surface area (Å²) in [6, 6.07) is 5.05. The van der Waals surface area contributed by atoms with Gasteiger partial charge in [-0.1, -0.05) is 11.6 Å². The Kier molecular flexibility index (Phi) is 2.94. The molecule has 0 saturated heterocycles. The number of rotatable bonds is 0. The lowest BCUT2D eigenvalue weighted by atomic mass is 10.2. The molecule has 0 aliphatic rings. The molecule has 0 amide bonds. The number of nitrogens with two attached hydrogens (primary N) is 1. The first-order chi connectivity index (χ1) is 8.28. The quantitative estimate of drug-likeness (QED) is 0.796. The van der Waals surface area contributed by atoms with Crippen molar-refractivity contribution in [2.45, 2.75) is 26.4 Å². The number of nitrogens with zero attached hydrogens (tertiary/aromatic N) is 2. The van der Waals surface area contributed by atoms with Crippen molar-refractivity contribution in [1.82, 2.24) is 9.78 Å². The number of hydrogen-bond donors (Lipinski definition) is 1. The van der Waals surface area contributed by atoms with E-state index in [1.54, 1.807) is 39.0 Å². The molecule has 1 heterocycles. The Labute approximate surface area is 109 Å². The van der Waals surface area contributed by atoms with Crippen molar-refractivity contribution < 1.29 is 9.53 Å². The highest BCUT2D eigenvalue weighted by Gasteiger charge is 2.21. The molecule has 0 fully saturated rings. The van der Waals surface area contributed by atoms with Gasteiger partial charge in [-0.25, -0.2) is 4.79 Å². The van der Waals surface area contributed by atoms with Gasteiger partial charge < -0.3 is 10.5 Å². The molecule has 0 bridgehead atoms. The number of carbonyl (C=O) groups is 1. The molecular formula is C12H14ClN3O2. The zero-order chi connectivity index (χ0) is 13.5. The fourth-order valence-electron chi connectivity index (χ4n) is 1.56. The maximum absolute atomic E-state index is 12.0. The van der Waals surface area contributed by atoms with Crippen LogP contribution in [-0.2, 0) is 4.74 Å². The van der Waals surface area contributed by atoms with Crippen molar-refractivity contribution in [1.29, 1.82) is 0 Å². The number of benzene rings is 1. The van der Waals surface area contributed by atoms with Crippen LogP contribution in [0.5, 0.6) is 0 Å². The largest absolute Gasteiger partial charge is 0.442 e. The van der Waals surface area contributed by atoms with Gasteiger partial charge in [0.05, 0.1) is 5.52 Å². The van der Waals surface area contributed by atoms with Crippen molar-refractivity contribution >= 4 is 34.4 Å². The van der Waals surface area contributed by atoms with Gasteiger partial charge in [-0.15, -0.1) is 5.10 Å². The van der Waals surface area contributed by atoms with Crippen LogP contribution in [0.3, 0.4) is 0 Å². The first kappa shape index (κ1) is 12.7. The molecule has 0 atom stereocenters. The maximum atomic E-state index is 12.0. The summed E-state index contributed by atoms with van der Waals surface area (Å²) in [6.07, 6.45) is -0.577. The summed E-state index contributed by atoms with van der Waals surface area (Å²) in [7, 11) is 0. The Morgan fingerprint density at radius 1 is 1.44 bits per heavy atom. The number of halogens is 1. The molecule has 2 rings (SSSR count). The lowest BCUT2D eigenvalue weighted by molar-refractivity contribution is 0.0523. The van der Waals surface area contributed by atoms with Gasteiger partial charge in [0.1, 0.15) is 5.60 Å². The van der Waals surface area contributed by atoms with Gasteiger partial charge in [0.25, 0.3) is 0 Å². The van der Waals surface area contributed by atoms with Gasteiger partial charge in [-0.3, -0.25) is 0 Å². The molecule has 18 heavy (non-hydrogen) atoms. The Bertz CT molecular complexity index is 614. The molecule has 1 aromatic heterocycles. The number of fused-ring (bicyclic) bond motifs is 1. The predicted molar refractivity (Wildman–Crippen MR) is 70.8 cm³/mol. The summed E-state index contributed by atoms with van der Waals surface area (Å²) in [6.45, 7) is 5.35. The minimum absolute atomic E-state index is 0.271. The van der Waals surface area contributed by atoms with E-state index in [-0.39, 0.29) is 5.82 Å². The third kappa shape index (κ3) is 2.41. The monoisotopic (exact) mass is 267 g/mol. The highest BCUT2D eigenvalue weighted by molar-refractivity contribution is 6.31. The highest BCUT2D eigenvalue weighted by Crippen LogP contribution is 2.24. The molecule has 0 radical (unpaired) electrons. The van der Waals surface area contributed by atoms with E-state index < -0.39 is 11.7 Å². The van der Waals surface area contributed by atoms with E-state index >= 15 is 0 Å².